The van der Waals surface area contributed by atoms with E-state index in [0.29, 0.717) is 12.1 Å². The van der Waals surface area contributed by atoms with Crippen LogP contribution in [0.5, 0.6) is 0 Å². The maximum atomic E-state index is 11.2. The Bertz CT molecular complexity index is 354. The number of rotatable bonds is 2. The third-order valence-corrected chi connectivity index (χ3v) is 2.12. The van der Waals surface area contributed by atoms with Crippen molar-refractivity contribution < 1.29 is 9.59 Å². The number of hydrogen-bond acceptors (Lipinski definition) is 2. The summed E-state index contributed by atoms with van der Waals surface area (Å²) in [6, 6.07) is 6.46. The lowest BCUT2D eigenvalue weighted by Gasteiger charge is -2.14. The van der Waals surface area contributed by atoms with Crippen LogP contribution in [0.4, 0.5) is 10.5 Å². The molecule has 14 heavy (non-hydrogen) atoms. The molecule has 0 bridgehead atoms. The number of amides is 3. The summed E-state index contributed by atoms with van der Waals surface area (Å²) in [6.45, 7) is 0. The smallest absolute Gasteiger partial charge is 0.328 e. The molecular weight excluding hydrogens is 248 g/mol. The lowest BCUT2D eigenvalue weighted by Crippen LogP contribution is -2.36. The van der Waals surface area contributed by atoms with Crippen LogP contribution in [0.25, 0.3) is 0 Å². The minimum Gasteiger partial charge on any atom is -0.340 e. The van der Waals surface area contributed by atoms with Gasteiger partial charge in [-0.1, -0.05) is 22.0 Å². The quantitative estimate of drug-likeness (QED) is 0.820. The molecular formula is C9H9BrN2O2. The van der Waals surface area contributed by atoms with Crippen LogP contribution in [-0.2, 0) is 4.79 Å². The Morgan fingerprint density at radius 3 is 2.79 bits per heavy atom. The van der Waals surface area contributed by atoms with E-state index in [4.69, 9.17) is 0 Å². The highest BCUT2D eigenvalue weighted by molar-refractivity contribution is 9.10. The van der Waals surface area contributed by atoms with Crippen molar-refractivity contribution in [3.63, 3.8) is 0 Å². The molecule has 0 atom stereocenters. The standard InChI is InChI=1S/C9H9BrN2O2/c1-11-9(14)12(6-13)8-4-2-3-7(10)5-8/h2-6H,1H3,(H,11,14). The maximum absolute atomic E-state index is 11.2. The first kappa shape index (κ1) is 10.7. The number of nitrogens with zero attached hydrogens (tertiary/aromatic N) is 1. The van der Waals surface area contributed by atoms with Crippen LogP contribution in [0.3, 0.4) is 0 Å². The van der Waals surface area contributed by atoms with Gasteiger partial charge in [0.2, 0.25) is 6.41 Å². The van der Waals surface area contributed by atoms with Crippen LogP contribution in [0, 0.1) is 0 Å². The van der Waals surface area contributed by atoms with E-state index in [1.807, 2.05) is 6.07 Å². The zero-order valence-corrected chi connectivity index (χ0v) is 9.11. The van der Waals surface area contributed by atoms with Crippen molar-refractivity contribution in [2.24, 2.45) is 0 Å². The molecule has 0 saturated heterocycles. The second kappa shape index (κ2) is 4.76. The minimum absolute atomic E-state index is 0.460. The van der Waals surface area contributed by atoms with E-state index in [9.17, 15) is 9.59 Å². The first-order valence-electron chi connectivity index (χ1n) is 3.91. The molecule has 1 aromatic carbocycles. The van der Waals surface area contributed by atoms with E-state index >= 15 is 0 Å². The molecule has 0 aliphatic heterocycles. The van der Waals surface area contributed by atoms with Gasteiger partial charge in [0.1, 0.15) is 0 Å². The van der Waals surface area contributed by atoms with Crippen LogP contribution in [0.1, 0.15) is 0 Å². The highest BCUT2D eigenvalue weighted by Gasteiger charge is 2.12. The number of nitrogens with one attached hydrogen (secondary N) is 1. The molecule has 74 valence electrons. The summed E-state index contributed by atoms with van der Waals surface area (Å²) in [4.78, 5) is 22.9. The monoisotopic (exact) mass is 256 g/mol. The number of carbonyl (C=O) groups is 2. The molecule has 0 aliphatic rings. The summed E-state index contributed by atoms with van der Waals surface area (Å²) < 4.78 is 0.811. The molecule has 5 heteroatoms. The van der Waals surface area contributed by atoms with Crippen molar-refractivity contribution in [1.29, 1.82) is 0 Å². The average Bonchev–Trinajstić information content (AvgIpc) is 2.19. The Balaban J connectivity index is 3.00. The fourth-order valence-corrected chi connectivity index (χ4v) is 1.36. The second-order valence-electron chi connectivity index (χ2n) is 2.51. The molecule has 0 saturated carbocycles. The van der Waals surface area contributed by atoms with Crippen molar-refractivity contribution in [2.45, 2.75) is 0 Å². The van der Waals surface area contributed by atoms with Crippen molar-refractivity contribution in [2.75, 3.05) is 11.9 Å². The molecule has 4 nitrogen and oxygen atoms in total. The molecule has 0 fully saturated rings. The average molecular weight is 257 g/mol. The zero-order valence-electron chi connectivity index (χ0n) is 7.53. The van der Waals surface area contributed by atoms with E-state index in [2.05, 4.69) is 21.2 Å². The lowest BCUT2D eigenvalue weighted by molar-refractivity contribution is -0.106. The Kier molecular flexibility index (Phi) is 3.64. The highest BCUT2D eigenvalue weighted by Crippen LogP contribution is 2.18. The molecule has 0 aliphatic carbocycles. The van der Waals surface area contributed by atoms with Gasteiger partial charge in [-0.05, 0) is 18.2 Å². The van der Waals surface area contributed by atoms with Crippen LogP contribution in [0.2, 0.25) is 0 Å². The molecule has 0 unspecified atom stereocenters. The van der Waals surface area contributed by atoms with Gasteiger partial charge in [0, 0.05) is 11.5 Å². The molecule has 0 heterocycles. The number of imide groups is 1. The predicted octanol–water partition coefficient (Wildman–Crippen LogP) is 1.75. The summed E-state index contributed by atoms with van der Waals surface area (Å²) in [5, 5.41) is 2.37. The van der Waals surface area contributed by atoms with Gasteiger partial charge in [0.05, 0.1) is 5.69 Å². The van der Waals surface area contributed by atoms with Crippen molar-refractivity contribution in [3.8, 4) is 0 Å². The van der Waals surface area contributed by atoms with Gasteiger partial charge in [-0.15, -0.1) is 0 Å². The number of anilines is 1. The molecule has 1 aromatic rings. The molecule has 0 radical (unpaired) electrons. The van der Waals surface area contributed by atoms with Crippen LogP contribution < -0.4 is 10.2 Å². The summed E-state index contributed by atoms with van der Waals surface area (Å²) >= 11 is 3.26. The topological polar surface area (TPSA) is 49.4 Å². The Hall–Kier alpha value is -1.36. The first-order chi connectivity index (χ1) is 6.69. The van der Waals surface area contributed by atoms with Crippen molar-refractivity contribution in [3.05, 3.63) is 28.7 Å². The maximum Gasteiger partial charge on any atom is 0.328 e. The molecule has 3 amide bonds. The van der Waals surface area contributed by atoms with Gasteiger partial charge < -0.3 is 5.32 Å². The zero-order chi connectivity index (χ0) is 10.6. The van der Waals surface area contributed by atoms with Gasteiger partial charge in [-0.3, -0.25) is 4.79 Å². The number of benzene rings is 1. The first-order valence-corrected chi connectivity index (χ1v) is 4.70. The van der Waals surface area contributed by atoms with Crippen LogP contribution >= 0.6 is 15.9 Å². The van der Waals surface area contributed by atoms with E-state index < -0.39 is 6.03 Å². The molecule has 0 spiro atoms. The molecule has 1 rings (SSSR count). The molecule has 0 aromatic heterocycles. The highest BCUT2D eigenvalue weighted by atomic mass is 79.9. The summed E-state index contributed by atoms with van der Waals surface area (Å²) in [5.74, 6) is 0. The summed E-state index contributed by atoms with van der Waals surface area (Å²) in [5.41, 5.74) is 0.522. The normalized spacial score (nSPS) is 9.29. The fraction of sp³-hybridized carbons (Fsp3) is 0.111. The van der Waals surface area contributed by atoms with Gasteiger partial charge in [-0.2, -0.15) is 0 Å². The van der Waals surface area contributed by atoms with E-state index in [-0.39, 0.29) is 0 Å². The van der Waals surface area contributed by atoms with Gasteiger partial charge in [0.15, 0.2) is 0 Å². The van der Waals surface area contributed by atoms with Crippen LogP contribution in [-0.4, -0.2) is 19.5 Å². The Morgan fingerprint density at radius 1 is 1.57 bits per heavy atom. The van der Waals surface area contributed by atoms with E-state index in [1.54, 1.807) is 18.2 Å². The Morgan fingerprint density at radius 2 is 2.29 bits per heavy atom. The largest absolute Gasteiger partial charge is 0.340 e. The third-order valence-electron chi connectivity index (χ3n) is 1.62. The van der Waals surface area contributed by atoms with Gasteiger partial charge >= 0.3 is 6.03 Å². The predicted molar refractivity (Wildman–Crippen MR) is 57.1 cm³/mol. The van der Waals surface area contributed by atoms with Gasteiger partial charge in [0.25, 0.3) is 0 Å². The third kappa shape index (κ3) is 2.32. The number of halogens is 1. The summed E-state index contributed by atoms with van der Waals surface area (Å²) in [6.07, 6.45) is 0.473. The second-order valence-corrected chi connectivity index (χ2v) is 3.43. The van der Waals surface area contributed by atoms with Crippen molar-refractivity contribution >= 4 is 34.1 Å². The minimum atomic E-state index is -0.460. The summed E-state index contributed by atoms with van der Waals surface area (Å²) in [7, 11) is 1.47. The lowest BCUT2D eigenvalue weighted by atomic mass is 10.3. The SMILES string of the molecule is CNC(=O)N(C=O)c1cccc(Br)c1. The number of urea groups is 1. The van der Waals surface area contributed by atoms with Gasteiger partial charge in [-0.25, -0.2) is 9.69 Å². The fourth-order valence-electron chi connectivity index (χ4n) is 0.972. The molecule has 1 N–H and O–H groups in total. The Labute approximate surface area is 90.0 Å². The van der Waals surface area contributed by atoms with E-state index in [0.717, 1.165) is 9.37 Å². The van der Waals surface area contributed by atoms with E-state index in [1.165, 1.54) is 7.05 Å². The van der Waals surface area contributed by atoms with Crippen molar-refractivity contribution in [1.82, 2.24) is 5.32 Å². The number of carbonyl (C=O) groups excluding carboxylic acids is 2. The van der Waals surface area contributed by atoms with Crippen LogP contribution in [0.15, 0.2) is 28.7 Å². The number of hydrogen-bond donors (Lipinski definition) is 1.